The van der Waals surface area contributed by atoms with E-state index < -0.39 is 0 Å². The van der Waals surface area contributed by atoms with Gasteiger partial charge < -0.3 is 5.32 Å². The average Bonchev–Trinajstić information content (AvgIpc) is 1.83. The summed E-state index contributed by atoms with van der Waals surface area (Å²) in [5, 5.41) is 6.14. The van der Waals surface area contributed by atoms with Crippen LogP contribution in [0.4, 0.5) is 0 Å². The van der Waals surface area contributed by atoms with Crippen molar-refractivity contribution in [2.75, 3.05) is 13.3 Å². The largest absolute Gasteiger partial charge is 0.382 e. The number of nitrogens with zero attached hydrogens (tertiary/aromatic N) is 1. The van der Waals surface area contributed by atoms with Gasteiger partial charge in [0.1, 0.15) is 6.20 Å². The Balaban J connectivity index is 3.66. The Hall–Kier alpha value is -0.510. The highest BCUT2D eigenvalue weighted by Crippen LogP contribution is 2.04. The van der Waals surface area contributed by atoms with Gasteiger partial charge in [0, 0.05) is 7.05 Å². The summed E-state index contributed by atoms with van der Waals surface area (Å²) < 4.78 is 0. The van der Waals surface area contributed by atoms with Gasteiger partial charge in [0.25, 0.3) is 0 Å². The maximum atomic E-state index is 9.55. The van der Waals surface area contributed by atoms with E-state index in [4.69, 9.17) is 0 Å². The minimum absolute atomic E-state index is 0.778. The van der Waals surface area contributed by atoms with Crippen LogP contribution >= 0.6 is 11.8 Å². The lowest BCUT2D eigenvalue weighted by Crippen LogP contribution is -2.00. The Labute approximate surface area is 52.5 Å². The summed E-state index contributed by atoms with van der Waals surface area (Å²) in [5.41, 5.74) is 0. The first-order chi connectivity index (χ1) is 3.85. The lowest BCUT2D eigenvalue weighted by atomic mass is 10.9. The summed E-state index contributed by atoms with van der Waals surface area (Å²) in [7, 11) is 1.74. The molecule has 0 atom stereocenters. The molecule has 0 bridgehead atoms. The van der Waals surface area contributed by atoms with Gasteiger partial charge in [0.2, 0.25) is 0 Å². The predicted molar refractivity (Wildman–Crippen MR) is 36.5 cm³/mol. The Morgan fingerprint density at radius 2 is 2.50 bits per heavy atom. The molecule has 0 aliphatic carbocycles. The lowest BCUT2D eigenvalue weighted by Gasteiger charge is -1.95. The third-order valence-corrected chi connectivity index (χ3v) is 1.39. The van der Waals surface area contributed by atoms with E-state index in [0.717, 1.165) is 5.03 Å². The highest BCUT2D eigenvalue weighted by Gasteiger charge is 1.84. The van der Waals surface area contributed by atoms with Gasteiger partial charge in [-0.2, -0.15) is 0 Å². The molecule has 0 aliphatic heterocycles. The predicted octanol–water partition coefficient (Wildman–Crippen LogP) is 1.13. The van der Waals surface area contributed by atoms with E-state index in [0.29, 0.717) is 0 Å². The SMILES string of the molecule is CN/C(=C/N=O)SC. The number of hydrogen-bond acceptors (Lipinski definition) is 4. The van der Waals surface area contributed by atoms with Crippen LogP contribution < -0.4 is 5.32 Å². The first kappa shape index (κ1) is 7.49. The molecule has 0 radical (unpaired) electrons. The molecule has 0 fully saturated rings. The molecule has 3 nitrogen and oxygen atoms in total. The molecule has 0 aromatic rings. The van der Waals surface area contributed by atoms with Gasteiger partial charge in [-0.3, -0.25) is 0 Å². The maximum absolute atomic E-state index is 9.55. The van der Waals surface area contributed by atoms with Crippen molar-refractivity contribution in [3.8, 4) is 0 Å². The van der Waals surface area contributed by atoms with Crippen LogP contribution in [0.1, 0.15) is 0 Å². The molecule has 0 aromatic carbocycles. The van der Waals surface area contributed by atoms with Gasteiger partial charge in [-0.25, -0.2) is 0 Å². The fourth-order valence-corrected chi connectivity index (χ4v) is 0.620. The number of hydrogen-bond donors (Lipinski definition) is 1. The molecule has 0 unspecified atom stereocenters. The third kappa shape index (κ3) is 2.63. The van der Waals surface area contributed by atoms with Crippen LogP contribution in [0, 0.1) is 4.91 Å². The van der Waals surface area contributed by atoms with Crippen molar-refractivity contribution in [1.82, 2.24) is 5.32 Å². The van der Waals surface area contributed by atoms with Gasteiger partial charge in [-0.05, 0) is 11.4 Å². The van der Waals surface area contributed by atoms with Crippen molar-refractivity contribution in [2.45, 2.75) is 0 Å². The van der Waals surface area contributed by atoms with E-state index in [1.807, 2.05) is 6.26 Å². The normalized spacial score (nSPS) is 11.0. The third-order valence-electron chi connectivity index (χ3n) is 0.636. The van der Waals surface area contributed by atoms with Crippen LogP contribution in [0.25, 0.3) is 0 Å². The second kappa shape index (κ2) is 4.64. The molecule has 0 saturated carbocycles. The topological polar surface area (TPSA) is 41.5 Å². The van der Waals surface area contributed by atoms with E-state index in [2.05, 4.69) is 10.5 Å². The Kier molecular flexibility index (Phi) is 4.35. The second-order valence-electron chi connectivity index (χ2n) is 1.05. The molecular formula is C4H8N2OS. The van der Waals surface area contributed by atoms with E-state index in [-0.39, 0.29) is 0 Å². The summed E-state index contributed by atoms with van der Waals surface area (Å²) >= 11 is 1.45. The number of thioether (sulfide) groups is 1. The Morgan fingerprint density at radius 1 is 1.88 bits per heavy atom. The first-order valence-corrected chi connectivity index (χ1v) is 3.32. The molecule has 0 rings (SSSR count). The molecule has 0 spiro atoms. The number of nitroso groups, excluding NO2 is 1. The van der Waals surface area contributed by atoms with Crippen LogP contribution in [0.5, 0.6) is 0 Å². The fourth-order valence-electron chi connectivity index (χ4n) is 0.267. The van der Waals surface area contributed by atoms with Crippen LogP contribution in [0.15, 0.2) is 16.4 Å². The zero-order chi connectivity index (χ0) is 6.41. The Bertz CT molecular complexity index is 96.2. The minimum Gasteiger partial charge on any atom is -0.382 e. The average molecular weight is 132 g/mol. The lowest BCUT2D eigenvalue weighted by molar-refractivity contribution is 1.07. The first-order valence-electron chi connectivity index (χ1n) is 2.09. The maximum Gasteiger partial charge on any atom is 0.101 e. The van der Waals surface area contributed by atoms with Crippen molar-refractivity contribution in [3.63, 3.8) is 0 Å². The van der Waals surface area contributed by atoms with Crippen LogP contribution in [0.2, 0.25) is 0 Å². The van der Waals surface area contributed by atoms with Crippen LogP contribution in [-0.2, 0) is 0 Å². The Morgan fingerprint density at radius 3 is 2.62 bits per heavy atom. The van der Waals surface area contributed by atoms with Gasteiger partial charge in [-0.1, -0.05) is 0 Å². The van der Waals surface area contributed by atoms with Gasteiger partial charge >= 0.3 is 0 Å². The van der Waals surface area contributed by atoms with Crippen molar-refractivity contribution < 1.29 is 0 Å². The van der Waals surface area contributed by atoms with Crippen LogP contribution in [0.3, 0.4) is 0 Å². The summed E-state index contributed by atoms with van der Waals surface area (Å²) in [6, 6.07) is 0. The molecule has 0 aliphatic rings. The van der Waals surface area contributed by atoms with Crippen LogP contribution in [-0.4, -0.2) is 13.3 Å². The van der Waals surface area contributed by atoms with E-state index >= 15 is 0 Å². The second-order valence-corrected chi connectivity index (χ2v) is 1.90. The van der Waals surface area contributed by atoms with Gasteiger partial charge in [0.15, 0.2) is 0 Å². The molecule has 0 saturated heterocycles. The highest BCUT2D eigenvalue weighted by atomic mass is 32.2. The molecule has 0 aromatic heterocycles. The monoisotopic (exact) mass is 132 g/mol. The van der Waals surface area contributed by atoms with Gasteiger partial charge in [0.05, 0.1) is 5.03 Å². The van der Waals surface area contributed by atoms with E-state index in [1.54, 1.807) is 7.05 Å². The standard InChI is InChI=1S/C4H8N2OS/c1-5-4(8-2)3-6-7/h3,5H,1-2H3/b4-3-. The smallest absolute Gasteiger partial charge is 0.101 e. The minimum atomic E-state index is 0.778. The molecule has 1 N–H and O–H groups in total. The number of rotatable bonds is 3. The molecular weight excluding hydrogens is 124 g/mol. The summed E-state index contributed by atoms with van der Waals surface area (Å²) in [6.07, 6.45) is 3.11. The zero-order valence-electron chi connectivity index (χ0n) is 4.84. The summed E-state index contributed by atoms with van der Waals surface area (Å²) in [4.78, 5) is 9.55. The fraction of sp³-hybridized carbons (Fsp3) is 0.500. The highest BCUT2D eigenvalue weighted by molar-refractivity contribution is 8.02. The molecule has 46 valence electrons. The van der Waals surface area contributed by atoms with Gasteiger partial charge in [-0.15, -0.1) is 16.7 Å². The van der Waals surface area contributed by atoms with Crippen molar-refractivity contribution in [2.24, 2.45) is 5.18 Å². The molecule has 0 heterocycles. The van der Waals surface area contributed by atoms with E-state index in [9.17, 15) is 4.91 Å². The van der Waals surface area contributed by atoms with Crippen molar-refractivity contribution >= 4 is 11.8 Å². The summed E-state index contributed by atoms with van der Waals surface area (Å²) in [5.74, 6) is 0. The van der Waals surface area contributed by atoms with E-state index in [1.165, 1.54) is 18.0 Å². The van der Waals surface area contributed by atoms with Crippen molar-refractivity contribution in [1.29, 1.82) is 0 Å². The molecule has 0 amide bonds. The number of nitrogens with one attached hydrogen (secondary N) is 1. The quantitative estimate of drug-likeness (QED) is 0.585. The zero-order valence-corrected chi connectivity index (χ0v) is 5.66. The summed E-state index contributed by atoms with van der Waals surface area (Å²) in [6.45, 7) is 0. The van der Waals surface area contributed by atoms with Crippen molar-refractivity contribution in [3.05, 3.63) is 16.1 Å². The molecule has 8 heavy (non-hydrogen) atoms. The molecule has 4 heteroatoms.